The van der Waals surface area contributed by atoms with Gasteiger partial charge in [-0.05, 0) is 38.3 Å². The van der Waals surface area contributed by atoms with Crippen molar-refractivity contribution in [2.24, 2.45) is 5.73 Å². The molecule has 112 valence electrons. The number of thiazole rings is 1. The SMILES string of the molecule is Cc1nc(-c2ccc(NC(=O)C3(N)CCC3)cc2)cs1.Cl. The largest absolute Gasteiger partial charge is 0.324 e. The van der Waals surface area contributed by atoms with Crippen LogP contribution < -0.4 is 11.1 Å². The van der Waals surface area contributed by atoms with E-state index in [4.69, 9.17) is 5.73 Å². The summed E-state index contributed by atoms with van der Waals surface area (Å²) in [4.78, 5) is 16.5. The predicted molar refractivity (Wildman–Crippen MR) is 88.9 cm³/mol. The third kappa shape index (κ3) is 3.26. The Labute approximate surface area is 134 Å². The second kappa shape index (κ2) is 6.13. The van der Waals surface area contributed by atoms with Crippen molar-refractivity contribution >= 4 is 35.3 Å². The first kappa shape index (κ1) is 15.9. The number of nitrogens with zero attached hydrogens (tertiary/aromatic N) is 1. The summed E-state index contributed by atoms with van der Waals surface area (Å²) in [6, 6.07) is 7.72. The molecule has 21 heavy (non-hydrogen) atoms. The number of anilines is 1. The van der Waals surface area contributed by atoms with Crippen molar-refractivity contribution in [3.63, 3.8) is 0 Å². The second-order valence-electron chi connectivity index (χ2n) is 5.29. The van der Waals surface area contributed by atoms with E-state index in [2.05, 4.69) is 10.3 Å². The minimum atomic E-state index is -0.662. The van der Waals surface area contributed by atoms with Crippen molar-refractivity contribution in [2.45, 2.75) is 31.7 Å². The van der Waals surface area contributed by atoms with Gasteiger partial charge >= 0.3 is 0 Å². The fourth-order valence-corrected chi connectivity index (χ4v) is 2.88. The first-order valence-corrected chi connectivity index (χ1v) is 7.58. The molecule has 1 aromatic carbocycles. The third-order valence-electron chi connectivity index (χ3n) is 3.76. The lowest BCUT2D eigenvalue weighted by Gasteiger charge is -2.36. The molecule has 1 amide bonds. The summed E-state index contributed by atoms with van der Waals surface area (Å²) in [5, 5.41) is 5.97. The average Bonchev–Trinajstić information content (AvgIpc) is 2.83. The maximum atomic E-state index is 12.0. The zero-order chi connectivity index (χ0) is 14.2. The van der Waals surface area contributed by atoms with Crippen LogP contribution in [0.2, 0.25) is 0 Å². The minimum Gasteiger partial charge on any atom is -0.324 e. The van der Waals surface area contributed by atoms with E-state index in [0.29, 0.717) is 0 Å². The average molecular weight is 324 g/mol. The topological polar surface area (TPSA) is 68.0 Å². The molecule has 3 N–H and O–H groups in total. The molecular formula is C15H18ClN3OS. The molecule has 0 unspecified atom stereocenters. The van der Waals surface area contributed by atoms with E-state index < -0.39 is 5.54 Å². The van der Waals surface area contributed by atoms with Gasteiger partial charge in [0.05, 0.1) is 16.2 Å². The van der Waals surface area contributed by atoms with Crippen molar-refractivity contribution in [1.29, 1.82) is 0 Å². The molecule has 1 aliphatic carbocycles. The van der Waals surface area contributed by atoms with Gasteiger partial charge in [0.25, 0.3) is 0 Å². The van der Waals surface area contributed by atoms with Crippen molar-refractivity contribution in [2.75, 3.05) is 5.32 Å². The molecule has 0 spiro atoms. The van der Waals surface area contributed by atoms with Crippen LogP contribution in [0.3, 0.4) is 0 Å². The number of hydrogen-bond donors (Lipinski definition) is 2. The van der Waals surface area contributed by atoms with Gasteiger partial charge < -0.3 is 11.1 Å². The number of rotatable bonds is 3. The van der Waals surface area contributed by atoms with E-state index in [1.807, 2.05) is 36.6 Å². The Morgan fingerprint density at radius 2 is 2.00 bits per heavy atom. The highest BCUT2D eigenvalue weighted by atomic mass is 35.5. The van der Waals surface area contributed by atoms with Crippen LogP contribution in [-0.4, -0.2) is 16.4 Å². The first-order valence-electron chi connectivity index (χ1n) is 6.70. The summed E-state index contributed by atoms with van der Waals surface area (Å²) < 4.78 is 0. The Hall–Kier alpha value is -1.43. The summed E-state index contributed by atoms with van der Waals surface area (Å²) in [6.45, 7) is 1.99. The predicted octanol–water partition coefficient (Wildman–Crippen LogP) is 3.36. The molecular weight excluding hydrogens is 306 g/mol. The van der Waals surface area contributed by atoms with Crippen molar-refractivity contribution in [1.82, 2.24) is 4.98 Å². The van der Waals surface area contributed by atoms with E-state index in [-0.39, 0.29) is 18.3 Å². The summed E-state index contributed by atoms with van der Waals surface area (Å²) in [5.41, 5.74) is 8.14. The molecule has 0 aliphatic heterocycles. The van der Waals surface area contributed by atoms with E-state index in [1.165, 1.54) is 0 Å². The molecule has 1 heterocycles. The third-order valence-corrected chi connectivity index (χ3v) is 4.53. The molecule has 1 saturated carbocycles. The molecule has 4 nitrogen and oxygen atoms in total. The lowest BCUT2D eigenvalue weighted by Crippen LogP contribution is -2.56. The second-order valence-corrected chi connectivity index (χ2v) is 6.36. The number of carbonyl (C=O) groups excluding carboxylic acids is 1. The summed E-state index contributed by atoms with van der Waals surface area (Å²) in [6.07, 6.45) is 2.58. The normalized spacial score (nSPS) is 15.7. The highest BCUT2D eigenvalue weighted by Gasteiger charge is 2.40. The van der Waals surface area contributed by atoms with Gasteiger partial charge in [-0.25, -0.2) is 4.98 Å². The van der Waals surface area contributed by atoms with Crippen LogP contribution >= 0.6 is 23.7 Å². The summed E-state index contributed by atoms with van der Waals surface area (Å²) in [5.74, 6) is -0.0824. The number of benzene rings is 1. The smallest absolute Gasteiger partial charge is 0.244 e. The molecule has 0 saturated heterocycles. The van der Waals surface area contributed by atoms with E-state index in [0.717, 1.165) is 41.2 Å². The van der Waals surface area contributed by atoms with Gasteiger partial charge in [-0.15, -0.1) is 23.7 Å². The Kier molecular flexibility index (Phi) is 4.66. The van der Waals surface area contributed by atoms with Gasteiger partial charge in [-0.2, -0.15) is 0 Å². The molecule has 2 aromatic rings. The number of hydrogen-bond acceptors (Lipinski definition) is 4. The van der Waals surface area contributed by atoms with Crippen molar-refractivity contribution in [3.8, 4) is 11.3 Å². The van der Waals surface area contributed by atoms with Crippen LogP contribution in [-0.2, 0) is 4.79 Å². The van der Waals surface area contributed by atoms with Crippen LogP contribution in [0.1, 0.15) is 24.3 Å². The molecule has 0 bridgehead atoms. The number of carbonyl (C=O) groups is 1. The van der Waals surface area contributed by atoms with E-state index in [9.17, 15) is 4.79 Å². The summed E-state index contributed by atoms with van der Waals surface area (Å²) >= 11 is 1.63. The van der Waals surface area contributed by atoms with Gasteiger partial charge in [0.2, 0.25) is 5.91 Å². The molecule has 1 aromatic heterocycles. The Morgan fingerprint density at radius 1 is 1.33 bits per heavy atom. The number of aromatic nitrogens is 1. The fraction of sp³-hybridized carbons (Fsp3) is 0.333. The molecule has 3 rings (SSSR count). The molecule has 1 fully saturated rings. The van der Waals surface area contributed by atoms with Gasteiger partial charge in [-0.3, -0.25) is 4.79 Å². The highest BCUT2D eigenvalue weighted by Crippen LogP contribution is 2.30. The maximum absolute atomic E-state index is 12.0. The number of nitrogens with one attached hydrogen (secondary N) is 1. The molecule has 0 atom stereocenters. The van der Waals surface area contributed by atoms with Crippen molar-refractivity contribution < 1.29 is 4.79 Å². The van der Waals surface area contributed by atoms with Crippen LogP contribution in [0, 0.1) is 6.92 Å². The molecule has 0 radical (unpaired) electrons. The molecule has 6 heteroatoms. The van der Waals surface area contributed by atoms with Gasteiger partial charge in [0, 0.05) is 16.6 Å². The van der Waals surface area contributed by atoms with Crippen molar-refractivity contribution in [3.05, 3.63) is 34.7 Å². The van der Waals surface area contributed by atoms with Crippen LogP contribution in [0.4, 0.5) is 5.69 Å². The van der Waals surface area contributed by atoms with Crippen LogP contribution in [0.15, 0.2) is 29.6 Å². The Balaban J connectivity index is 0.00000161. The maximum Gasteiger partial charge on any atom is 0.244 e. The standard InChI is InChI=1S/C15H17N3OS.ClH/c1-10-17-13(9-20-10)11-3-5-12(6-4-11)18-14(19)15(16)7-2-8-15;/h3-6,9H,2,7-8,16H2,1H3,(H,18,19);1H. The number of nitrogens with two attached hydrogens (primary N) is 1. The molecule has 1 aliphatic rings. The van der Waals surface area contributed by atoms with Gasteiger partial charge in [0.15, 0.2) is 0 Å². The number of halogens is 1. The fourth-order valence-electron chi connectivity index (χ4n) is 2.26. The van der Waals surface area contributed by atoms with E-state index in [1.54, 1.807) is 11.3 Å². The Bertz CT molecular complexity index is 635. The minimum absolute atomic E-state index is 0. The number of amides is 1. The summed E-state index contributed by atoms with van der Waals surface area (Å²) in [7, 11) is 0. The number of aryl methyl sites for hydroxylation is 1. The van der Waals surface area contributed by atoms with Crippen LogP contribution in [0.5, 0.6) is 0 Å². The van der Waals surface area contributed by atoms with E-state index >= 15 is 0 Å². The monoisotopic (exact) mass is 323 g/mol. The highest BCUT2D eigenvalue weighted by molar-refractivity contribution is 7.09. The first-order chi connectivity index (χ1) is 9.57. The van der Waals surface area contributed by atoms with Gasteiger partial charge in [0.1, 0.15) is 0 Å². The lowest BCUT2D eigenvalue weighted by molar-refractivity contribution is -0.123. The zero-order valence-electron chi connectivity index (χ0n) is 11.8. The lowest BCUT2D eigenvalue weighted by atomic mass is 9.77. The van der Waals surface area contributed by atoms with Crippen LogP contribution in [0.25, 0.3) is 11.3 Å². The Morgan fingerprint density at radius 3 is 2.48 bits per heavy atom. The quantitative estimate of drug-likeness (QED) is 0.910. The zero-order valence-corrected chi connectivity index (χ0v) is 13.4. The van der Waals surface area contributed by atoms with Gasteiger partial charge in [-0.1, -0.05) is 12.1 Å².